The highest BCUT2D eigenvalue weighted by Crippen LogP contribution is 2.22. The molecule has 0 aliphatic heterocycles. The first kappa shape index (κ1) is 14.7. The maximum Gasteiger partial charge on any atom is 0.311 e. The third-order valence-electron chi connectivity index (χ3n) is 3.57. The molecule has 0 saturated carbocycles. The van der Waals surface area contributed by atoms with Crippen LogP contribution in [0.4, 0.5) is 0 Å². The molecule has 2 heterocycles. The van der Waals surface area contributed by atoms with Crippen LogP contribution in [0.2, 0.25) is 0 Å². The van der Waals surface area contributed by atoms with E-state index in [0.29, 0.717) is 17.9 Å². The Morgan fingerprint density at radius 1 is 1.45 bits per heavy atom. The first-order chi connectivity index (χ1) is 10.7. The molecule has 1 aliphatic carbocycles. The molecule has 0 spiro atoms. The van der Waals surface area contributed by atoms with Crippen LogP contribution in [0.15, 0.2) is 5.38 Å². The number of ether oxygens (including phenoxy) is 1. The van der Waals surface area contributed by atoms with Gasteiger partial charge < -0.3 is 10.1 Å². The number of fused-ring (bicyclic) bond motifs is 1. The Bertz CT molecular complexity index is 707. The van der Waals surface area contributed by atoms with E-state index in [1.54, 1.807) is 5.38 Å². The van der Waals surface area contributed by atoms with Gasteiger partial charge in [0.15, 0.2) is 5.69 Å². The van der Waals surface area contributed by atoms with Crippen molar-refractivity contribution < 1.29 is 14.3 Å². The lowest BCUT2D eigenvalue weighted by Crippen LogP contribution is -2.24. The number of aromatic nitrogens is 3. The monoisotopic (exact) mass is 320 g/mol. The number of aryl methyl sites for hydroxylation is 1. The van der Waals surface area contributed by atoms with Crippen LogP contribution in [-0.2, 0) is 35.3 Å². The Labute approximate surface area is 131 Å². The highest BCUT2D eigenvalue weighted by molar-refractivity contribution is 7.09. The van der Waals surface area contributed by atoms with E-state index in [-0.39, 0.29) is 18.3 Å². The molecule has 7 nitrogen and oxygen atoms in total. The van der Waals surface area contributed by atoms with E-state index in [2.05, 4.69) is 25.2 Å². The molecule has 0 bridgehead atoms. The molecule has 1 amide bonds. The van der Waals surface area contributed by atoms with Gasteiger partial charge in [-0.15, -0.1) is 11.3 Å². The molecular formula is C14H16N4O3S. The van der Waals surface area contributed by atoms with Crippen molar-refractivity contribution >= 4 is 23.2 Å². The first-order valence-electron chi connectivity index (χ1n) is 7.01. The van der Waals surface area contributed by atoms with E-state index in [9.17, 15) is 9.59 Å². The summed E-state index contributed by atoms with van der Waals surface area (Å²) in [6, 6.07) is 0. The van der Waals surface area contributed by atoms with Crippen LogP contribution in [0.1, 0.15) is 38.9 Å². The summed E-state index contributed by atoms with van der Waals surface area (Å²) >= 11 is 1.40. The molecule has 2 aromatic rings. The van der Waals surface area contributed by atoms with Crippen LogP contribution >= 0.6 is 11.3 Å². The lowest BCUT2D eigenvalue weighted by Gasteiger charge is -2.01. The predicted octanol–water partition coefficient (Wildman–Crippen LogP) is 1.00. The minimum absolute atomic E-state index is 0.147. The molecule has 0 saturated heterocycles. The largest absolute Gasteiger partial charge is 0.469 e. The molecule has 0 radical (unpaired) electrons. The maximum absolute atomic E-state index is 12.2. The predicted molar refractivity (Wildman–Crippen MR) is 79.6 cm³/mol. The summed E-state index contributed by atoms with van der Waals surface area (Å²) in [5, 5.41) is 12.4. The van der Waals surface area contributed by atoms with Gasteiger partial charge in [0.05, 0.1) is 25.8 Å². The number of aromatic amines is 1. The molecule has 0 atom stereocenters. The van der Waals surface area contributed by atoms with E-state index >= 15 is 0 Å². The molecule has 2 aromatic heterocycles. The molecule has 8 heteroatoms. The van der Waals surface area contributed by atoms with Gasteiger partial charge in [0.25, 0.3) is 5.91 Å². The Morgan fingerprint density at radius 3 is 3.14 bits per heavy atom. The number of methoxy groups -OCH3 is 1. The zero-order chi connectivity index (χ0) is 15.5. The second-order valence-electron chi connectivity index (χ2n) is 5.05. The van der Waals surface area contributed by atoms with Gasteiger partial charge in [0, 0.05) is 16.6 Å². The van der Waals surface area contributed by atoms with Crippen molar-refractivity contribution in [1.82, 2.24) is 20.5 Å². The summed E-state index contributed by atoms with van der Waals surface area (Å²) < 4.78 is 4.60. The van der Waals surface area contributed by atoms with Crippen LogP contribution in [-0.4, -0.2) is 34.2 Å². The van der Waals surface area contributed by atoms with Gasteiger partial charge in [-0.1, -0.05) is 0 Å². The molecule has 3 rings (SSSR count). The van der Waals surface area contributed by atoms with Gasteiger partial charge in [0.1, 0.15) is 5.01 Å². The Kier molecular flexibility index (Phi) is 4.19. The van der Waals surface area contributed by atoms with Gasteiger partial charge in [-0.3, -0.25) is 14.7 Å². The molecule has 0 aromatic carbocycles. The van der Waals surface area contributed by atoms with Crippen LogP contribution in [0.3, 0.4) is 0 Å². The van der Waals surface area contributed by atoms with Crippen molar-refractivity contribution in [2.24, 2.45) is 0 Å². The molecule has 0 fully saturated rings. The van der Waals surface area contributed by atoms with Gasteiger partial charge >= 0.3 is 5.97 Å². The summed E-state index contributed by atoms with van der Waals surface area (Å²) in [6.45, 7) is 0.326. The fourth-order valence-electron chi connectivity index (χ4n) is 2.48. The zero-order valence-electron chi connectivity index (χ0n) is 12.1. The van der Waals surface area contributed by atoms with Crippen molar-refractivity contribution in [1.29, 1.82) is 0 Å². The average molecular weight is 320 g/mol. The Hall–Kier alpha value is -2.22. The number of H-pyrrole nitrogens is 1. The number of hydrogen-bond acceptors (Lipinski definition) is 6. The van der Waals surface area contributed by atoms with Crippen molar-refractivity contribution in [3.05, 3.63) is 33.0 Å². The number of nitrogens with one attached hydrogen (secondary N) is 2. The van der Waals surface area contributed by atoms with Crippen LogP contribution in [0.25, 0.3) is 0 Å². The topological polar surface area (TPSA) is 97.0 Å². The third kappa shape index (κ3) is 3.01. The normalized spacial score (nSPS) is 13.0. The highest BCUT2D eigenvalue weighted by Gasteiger charge is 2.22. The van der Waals surface area contributed by atoms with Crippen molar-refractivity contribution in [3.8, 4) is 0 Å². The SMILES string of the molecule is COC(=O)Cc1csc(CNC(=O)c2n[nH]c3c2CCC3)n1. The van der Waals surface area contributed by atoms with E-state index < -0.39 is 0 Å². The molecule has 0 unspecified atom stereocenters. The third-order valence-corrected chi connectivity index (χ3v) is 4.47. The lowest BCUT2D eigenvalue weighted by molar-refractivity contribution is -0.139. The fourth-order valence-corrected chi connectivity index (χ4v) is 3.21. The lowest BCUT2D eigenvalue weighted by atomic mass is 10.2. The Balaban J connectivity index is 1.58. The van der Waals surface area contributed by atoms with E-state index in [0.717, 1.165) is 35.5 Å². The number of esters is 1. The standard InChI is InChI=1S/C14H16N4O3S/c1-21-12(19)5-8-7-22-11(16-8)6-15-14(20)13-9-3-2-4-10(9)17-18-13/h7H,2-6H2,1H3,(H,15,20)(H,17,18). The van der Waals surface area contributed by atoms with Crippen LogP contribution < -0.4 is 5.32 Å². The number of carbonyl (C=O) groups is 2. The molecule has 2 N–H and O–H groups in total. The zero-order valence-corrected chi connectivity index (χ0v) is 13.0. The number of rotatable bonds is 5. The van der Waals surface area contributed by atoms with Crippen molar-refractivity contribution in [2.75, 3.05) is 7.11 Å². The summed E-state index contributed by atoms with van der Waals surface area (Å²) in [5.74, 6) is -0.517. The molecular weight excluding hydrogens is 304 g/mol. The van der Waals surface area contributed by atoms with Gasteiger partial charge in [-0.05, 0) is 19.3 Å². The molecule has 116 valence electrons. The van der Waals surface area contributed by atoms with E-state index in [4.69, 9.17) is 0 Å². The van der Waals surface area contributed by atoms with Crippen LogP contribution in [0.5, 0.6) is 0 Å². The summed E-state index contributed by atoms with van der Waals surface area (Å²) in [6.07, 6.45) is 3.06. The quantitative estimate of drug-likeness (QED) is 0.801. The minimum Gasteiger partial charge on any atom is -0.469 e. The first-order valence-corrected chi connectivity index (χ1v) is 7.89. The second-order valence-corrected chi connectivity index (χ2v) is 5.99. The van der Waals surface area contributed by atoms with Gasteiger partial charge in [-0.2, -0.15) is 5.10 Å². The van der Waals surface area contributed by atoms with E-state index in [1.807, 2.05) is 0 Å². The maximum atomic E-state index is 12.2. The Morgan fingerprint density at radius 2 is 2.32 bits per heavy atom. The fraction of sp³-hybridized carbons (Fsp3) is 0.429. The summed E-state index contributed by atoms with van der Waals surface area (Å²) in [5.41, 5.74) is 3.24. The summed E-state index contributed by atoms with van der Waals surface area (Å²) in [4.78, 5) is 27.7. The average Bonchev–Trinajstić information content (AvgIpc) is 3.20. The number of thiazole rings is 1. The van der Waals surface area contributed by atoms with Gasteiger partial charge in [-0.25, -0.2) is 4.98 Å². The molecule has 1 aliphatic rings. The number of carbonyl (C=O) groups excluding carboxylic acids is 2. The smallest absolute Gasteiger partial charge is 0.311 e. The number of hydrogen-bond donors (Lipinski definition) is 2. The van der Waals surface area contributed by atoms with Crippen LogP contribution in [0, 0.1) is 0 Å². The number of amides is 1. The van der Waals surface area contributed by atoms with Crippen molar-refractivity contribution in [3.63, 3.8) is 0 Å². The highest BCUT2D eigenvalue weighted by atomic mass is 32.1. The van der Waals surface area contributed by atoms with E-state index in [1.165, 1.54) is 18.4 Å². The van der Waals surface area contributed by atoms with Gasteiger partial charge in [0.2, 0.25) is 0 Å². The number of nitrogens with zero attached hydrogens (tertiary/aromatic N) is 2. The minimum atomic E-state index is -0.326. The second kappa shape index (κ2) is 6.27. The summed E-state index contributed by atoms with van der Waals surface area (Å²) in [7, 11) is 1.35. The van der Waals surface area contributed by atoms with Crippen molar-refractivity contribution in [2.45, 2.75) is 32.2 Å². The molecule has 22 heavy (non-hydrogen) atoms.